The number of aryl methyl sites for hydroxylation is 1. The second kappa shape index (κ2) is 4.13. The van der Waals surface area contributed by atoms with Crippen LogP contribution in [0.4, 0.5) is 5.82 Å². The quantitative estimate of drug-likeness (QED) is 0.722. The summed E-state index contributed by atoms with van der Waals surface area (Å²) in [5.41, 5.74) is 0.815. The number of nitrogens with zero attached hydrogens (tertiary/aromatic N) is 3. The molecule has 78 valence electrons. The maximum atomic E-state index is 5.90. The van der Waals surface area contributed by atoms with Gasteiger partial charge in [0, 0.05) is 30.9 Å². The predicted octanol–water partition coefficient (Wildman–Crippen LogP) is 2.24. The van der Waals surface area contributed by atoms with E-state index in [0.29, 0.717) is 5.88 Å². The zero-order valence-electron chi connectivity index (χ0n) is 9.08. The van der Waals surface area contributed by atoms with Gasteiger partial charge in [-0.1, -0.05) is 0 Å². The lowest BCUT2D eigenvalue weighted by molar-refractivity contribution is 0.538. The van der Waals surface area contributed by atoms with Crippen molar-refractivity contribution in [2.75, 3.05) is 17.8 Å². The largest absolute Gasteiger partial charge is 0.352 e. The summed E-state index contributed by atoms with van der Waals surface area (Å²) >= 11 is 5.90. The Labute approximate surface area is 90.1 Å². The van der Waals surface area contributed by atoms with Crippen LogP contribution in [-0.2, 0) is 0 Å². The lowest BCUT2D eigenvalue weighted by atomic mass is 10.1. The number of anilines is 1. The first-order valence-corrected chi connectivity index (χ1v) is 5.10. The van der Waals surface area contributed by atoms with Crippen LogP contribution in [0, 0.1) is 6.92 Å². The van der Waals surface area contributed by atoms with Gasteiger partial charge >= 0.3 is 0 Å². The summed E-state index contributed by atoms with van der Waals surface area (Å²) in [5.74, 6) is 1.44. The third kappa shape index (κ3) is 2.15. The van der Waals surface area contributed by atoms with Gasteiger partial charge in [0.25, 0.3) is 0 Å². The SMILES string of the molecule is Cc1nccnc1N(C)C(C)(C)CCl. The van der Waals surface area contributed by atoms with E-state index in [-0.39, 0.29) is 5.54 Å². The molecular weight excluding hydrogens is 198 g/mol. The first kappa shape index (κ1) is 11.2. The van der Waals surface area contributed by atoms with E-state index in [0.717, 1.165) is 11.5 Å². The number of rotatable bonds is 3. The van der Waals surface area contributed by atoms with Crippen molar-refractivity contribution in [3.8, 4) is 0 Å². The highest BCUT2D eigenvalue weighted by molar-refractivity contribution is 6.18. The monoisotopic (exact) mass is 213 g/mol. The van der Waals surface area contributed by atoms with E-state index in [1.54, 1.807) is 12.4 Å². The van der Waals surface area contributed by atoms with Gasteiger partial charge < -0.3 is 4.90 Å². The van der Waals surface area contributed by atoms with Crippen molar-refractivity contribution in [1.29, 1.82) is 0 Å². The molecule has 1 rings (SSSR count). The average molecular weight is 214 g/mol. The molecule has 0 aliphatic carbocycles. The zero-order valence-corrected chi connectivity index (χ0v) is 9.84. The molecule has 0 saturated carbocycles. The highest BCUT2D eigenvalue weighted by Crippen LogP contribution is 2.22. The van der Waals surface area contributed by atoms with Crippen molar-refractivity contribution in [1.82, 2.24) is 9.97 Å². The first-order chi connectivity index (χ1) is 6.49. The molecule has 1 aromatic rings. The average Bonchev–Trinajstić information content (AvgIpc) is 2.17. The normalized spacial score (nSPS) is 11.5. The lowest BCUT2D eigenvalue weighted by Crippen LogP contribution is -2.43. The van der Waals surface area contributed by atoms with Gasteiger partial charge in [-0.2, -0.15) is 0 Å². The summed E-state index contributed by atoms with van der Waals surface area (Å²) in [6.45, 7) is 6.10. The predicted molar refractivity (Wildman–Crippen MR) is 60.0 cm³/mol. The Morgan fingerprint density at radius 2 is 1.93 bits per heavy atom. The van der Waals surface area contributed by atoms with Crippen molar-refractivity contribution in [3.63, 3.8) is 0 Å². The minimum Gasteiger partial charge on any atom is -0.352 e. The molecule has 0 unspecified atom stereocenters. The third-order valence-corrected chi connectivity index (χ3v) is 3.06. The van der Waals surface area contributed by atoms with Gasteiger partial charge in [-0.15, -0.1) is 11.6 Å². The number of hydrogen-bond donors (Lipinski definition) is 0. The molecule has 0 saturated heterocycles. The van der Waals surface area contributed by atoms with Crippen LogP contribution in [0.5, 0.6) is 0 Å². The standard InChI is InChI=1S/C10H16ClN3/c1-8-9(13-6-5-12-8)14(4)10(2,3)7-11/h5-6H,7H2,1-4H3. The summed E-state index contributed by atoms with van der Waals surface area (Å²) in [5, 5.41) is 0. The Morgan fingerprint density at radius 3 is 2.43 bits per heavy atom. The number of alkyl halides is 1. The van der Waals surface area contributed by atoms with Crippen LogP contribution < -0.4 is 4.90 Å². The van der Waals surface area contributed by atoms with Gasteiger partial charge in [-0.3, -0.25) is 4.98 Å². The van der Waals surface area contributed by atoms with Crippen LogP contribution in [-0.4, -0.2) is 28.4 Å². The van der Waals surface area contributed by atoms with E-state index in [4.69, 9.17) is 11.6 Å². The van der Waals surface area contributed by atoms with Crippen molar-refractivity contribution in [2.24, 2.45) is 0 Å². The Kier molecular flexibility index (Phi) is 3.32. The lowest BCUT2D eigenvalue weighted by Gasteiger charge is -2.35. The molecule has 0 aliphatic rings. The molecular formula is C10H16ClN3. The van der Waals surface area contributed by atoms with Gasteiger partial charge in [0.1, 0.15) is 5.82 Å². The van der Waals surface area contributed by atoms with Crippen molar-refractivity contribution in [2.45, 2.75) is 26.3 Å². The summed E-state index contributed by atoms with van der Waals surface area (Å²) in [4.78, 5) is 10.6. The molecule has 3 nitrogen and oxygen atoms in total. The van der Waals surface area contributed by atoms with E-state index in [9.17, 15) is 0 Å². The van der Waals surface area contributed by atoms with E-state index >= 15 is 0 Å². The fraction of sp³-hybridized carbons (Fsp3) is 0.600. The van der Waals surface area contributed by atoms with Gasteiger partial charge in [-0.05, 0) is 20.8 Å². The van der Waals surface area contributed by atoms with Gasteiger partial charge in [0.05, 0.1) is 5.69 Å². The number of halogens is 1. The molecule has 1 heterocycles. The summed E-state index contributed by atoms with van der Waals surface area (Å²) in [7, 11) is 1.99. The molecule has 0 aliphatic heterocycles. The molecule has 0 atom stereocenters. The Morgan fingerprint density at radius 1 is 1.36 bits per heavy atom. The summed E-state index contributed by atoms with van der Waals surface area (Å²) < 4.78 is 0. The second-order valence-electron chi connectivity index (χ2n) is 3.97. The molecule has 1 aromatic heterocycles. The second-order valence-corrected chi connectivity index (χ2v) is 4.24. The van der Waals surface area contributed by atoms with Crippen LogP contribution >= 0.6 is 11.6 Å². The van der Waals surface area contributed by atoms with Crippen LogP contribution in [0.15, 0.2) is 12.4 Å². The number of hydrogen-bond acceptors (Lipinski definition) is 3. The fourth-order valence-corrected chi connectivity index (χ4v) is 1.29. The van der Waals surface area contributed by atoms with Gasteiger partial charge in [-0.25, -0.2) is 4.98 Å². The van der Waals surface area contributed by atoms with E-state index in [1.165, 1.54) is 0 Å². The van der Waals surface area contributed by atoms with Crippen molar-refractivity contribution < 1.29 is 0 Å². The van der Waals surface area contributed by atoms with Gasteiger partial charge in [0.2, 0.25) is 0 Å². The van der Waals surface area contributed by atoms with Crippen LogP contribution in [0.1, 0.15) is 19.5 Å². The topological polar surface area (TPSA) is 29.0 Å². The fourth-order valence-electron chi connectivity index (χ4n) is 1.11. The smallest absolute Gasteiger partial charge is 0.150 e. The molecule has 0 N–H and O–H groups in total. The molecule has 0 bridgehead atoms. The summed E-state index contributed by atoms with van der Waals surface area (Å²) in [6.07, 6.45) is 3.39. The third-order valence-electron chi connectivity index (χ3n) is 2.41. The molecule has 0 spiro atoms. The van der Waals surface area contributed by atoms with Crippen molar-refractivity contribution in [3.05, 3.63) is 18.1 Å². The van der Waals surface area contributed by atoms with Crippen molar-refractivity contribution >= 4 is 17.4 Å². The molecule has 14 heavy (non-hydrogen) atoms. The minimum atomic E-state index is -0.109. The maximum absolute atomic E-state index is 5.90. The van der Waals surface area contributed by atoms with Crippen LogP contribution in [0.2, 0.25) is 0 Å². The Hall–Kier alpha value is -0.830. The first-order valence-electron chi connectivity index (χ1n) is 4.56. The highest BCUT2D eigenvalue weighted by atomic mass is 35.5. The zero-order chi connectivity index (χ0) is 10.8. The number of aromatic nitrogens is 2. The molecule has 0 aromatic carbocycles. The van der Waals surface area contributed by atoms with E-state index in [1.807, 2.05) is 14.0 Å². The molecule has 4 heteroatoms. The highest BCUT2D eigenvalue weighted by Gasteiger charge is 2.24. The summed E-state index contributed by atoms with van der Waals surface area (Å²) in [6, 6.07) is 0. The van der Waals surface area contributed by atoms with Crippen LogP contribution in [0.25, 0.3) is 0 Å². The minimum absolute atomic E-state index is 0.109. The molecule has 0 radical (unpaired) electrons. The van der Waals surface area contributed by atoms with Gasteiger partial charge in [0.15, 0.2) is 0 Å². The molecule has 0 amide bonds. The van der Waals surface area contributed by atoms with Crippen LogP contribution in [0.3, 0.4) is 0 Å². The maximum Gasteiger partial charge on any atom is 0.150 e. The van der Waals surface area contributed by atoms with E-state index in [2.05, 4.69) is 28.7 Å². The van der Waals surface area contributed by atoms with E-state index < -0.39 is 0 Å². The Balaban J connectivity index is 3.00. The molecule has 0 fully saturated rings. The Bertz CT molecular complexity index is 312.